The van der Waals surface area contributed by atoms with Crippen molar-refractivity contribution in [3.63, 3.8) is 0 Å². The van der Waals surface area contributed by atoms with Gasteiger partial charge in [-0.25, -0.2) is 4.98 Å². The van der Waals surface area contributed by atoms with Gasteiger partial charge in [-0.05, 0) is 25.3 Å². The molecule has 0 saturated heterocycles. The first-order valence-electron chi connectivity index (χ1n) is 6.50. The molecule has 0 saturated carbocycles. The van der Waals surface area contributed by atoms with Crippen molar-refractivity contribution in [3.05, 3.63) is 18.2 Å². The van der Waals surface area contributed by atoms with Gasteiger partial charge in [-0.3, -0.25) is 0 Å². The topological polar surface area (TPSA) is 29.9 Å². The summed E-state index contributed by atoms with van der Waals surface area (Å²) in [5.41, 5.74) is 0. The zero-order chi connectivity index (χ0) is 12.5. The van der Waals surface area contributed by atoms with Crippen LogP contribution in [0.2, 0.25) is 0 Å². The van der Waals surface area contributed by atoms with Gasteiger partial charge in [0.25, 0.3) is 0 Å². The van der Waals surface area contributed by atoms with Crippen molar-refractivity contribution in [1.29, 1.82) is 0 Å². The molecule has 1 heterocycles. The third-order valence-electron chi connectivity index (χ3n) is 3.09. The quantitative estimate of drug-likeness (QED) is 0.544. The molecule has 1 unspecified atom stereocenters. The second-order valence-corrected chi connectivity index (χ2v) is 4.92. The van der Waals surface area contributed by atoms with Crippen LogP contribution < -0.4 is 5.32 Å². The van der Waals surface area contributed by atoms with E-state index in [1.807, 2.05) is 19.4 Å². The molecule has 0 aliphatic rings. The minimum absolute atomic E-state index is 0.721. The lowest BCUT2D eigenvalue weighted by molar-refractivity contribution is 0.431. The van der Waals surface area contributed by atoms with Gasteiger partial charge in [0.05, 0.1) is 0 Å². The lowest BCUT2D eigenvalue weighted by Gasteiger charge is -2.15. The average molecular weight is 258 g/mol. The van der Waals surface area contributed by atoms with E-state index in [0.717, 1.165) is 43.6 Å². The number of halogens is 1. The average Bonchev–Trinajstić information content (AvgIpc) is 2.71. The summed E-state index contributed by atoms with van der Waals surface area (Å²) in [6.45, 7) is 4.30. The number of rotatable bonds is 9. The van der Waals surface area contributed by atoms with Gasteiger partial charge in [0.1, 0.15) is 5.82 Å². The van der Waals surface area contributed by atoms with Crippen LogP contribution in [-0.2, 0) is 13.5 Å². The number of nitrogens with one attached hydrogen (secondary N) is 1. The molecule has 0 fully saturated rings. The smallest absolute Gasteiger partial charge is 0.109 e. The molecule has 4 heteroatoms. The fourth-order valence-corrected chi connectivity index (χ4v) is 2.36. The lowest BCUT2D eigenvalue weighted by Crippen LogP contribution is -2.26. The highest BCUT2D eigenvalue weighted by molar-refractivity contribution is 6.17. The summed E-state index contributed by atoms with van der Waals surface area (Å²) in [5, 5.41) is 3.51. The van der Waals surface area contributed by atoms with E-state index in [2.05, 4.69) is 21.8 Å². The van der Waals surface area contributed by atoms with Crippen LogP contribution in [0.25, 0.3) is 0 Å². The Hall–Kier alpha value is -0.540. The normalized spacial score (nSPS) is 12.9. The van der Waals surface area contributed by atoms with Gasteiger partial charge in [-0.15, -0.1) is 11.6 Å². The highest BCUT2D eigenvalue weighted by Gasteiger charge is 2.06. The third-order valence-corrected chi connectivity index (χ3v) is 3.31. The molecule has 0 radical (unpaired) electrons. The number of alkyl halides is 1. The highest BCUT2D eigenvalue weighted by Crippen LogP contribution is 2.10. The minimum atomic E-state index is 0.721. The van der Waals surface area contributed by atoms with Gasteiger partial charge >= 0.3 is 0 Å². The number of hydrogen-bond donors (Lipinski definition) is 1. The first-order chi connectivity index (χ1) is 8.27. The molecule has 17 heavy (non-hydrogen) atoms. The second-order valence-electron chi connectivity index (χ2n) is 4.54. The Bertz CT molecular complexity index is 293. The minimum Gasteiger partial charge on any atom is -0.338 e. The van der Waals surface area contributed by atoms with Crippen molar-refractivity contribution in [2.24, 2.45) is 13.0 Å². The van der Waals surface area contributed by atoms with Gasteiger partial charge < -0.3 is 9.88 Å². The van der Waals surface area contributed by atoms with Crippen LogP contribution in [0.3, 0.4) is 0 Å². The van der Waals surface area contributed by atoms with E-state index in [4.69, 9.17) is 11.6 Å². The molecule has 0 spiro atoms. The largest absolute Gasteiger partial charge is 0.338 e. The van der Waals surface area contributed by atoms with E-state index in [1.54, 1.807) is 0 Å². The van der Waals surface area contributed by atoms with Crippen LogP contribution in [-0.4, -0.2) is 28.5 Å². The van der Waals surface area contributed by atoms with E-state index in [0.29, 0.717) is 0 Å². The van der Waals surface area contributed by atoms with Gasteiger partial charge in [-0.1, -0.05) is 13.3 Å². The number of aryl methyl sites for hydroxylation is 1. The van der Waals surface area contributed by atoms with Gasteiger partial charge in [0.15, 0.2) is 0 Å². The van der Waals surface area contributed by atoms with Crippen LogP contribution in [0.4, 0.5) is 0 Å². The Morgan fingerprint density at radius 1 is 1.47 bits per heavy atom. The summed E-state index contributed by atoms with van der Waals surface area (Å²) in [6.07, 6.45) is 8.45. The van der Waals surface area contributed by atoms with Crippen molar-refractivity contribution in [1.82, 2.24) is 14.9 Å². The maximum atomic E-state index is 5.81. The molecule has 1 aromatic rings. The van der Waals surface area contributed by atoms with Gasteiger partial charge in [0, 0.05) is 38.3 Å². The van der Waals surface area contributed by atoms with E-state index in [1.165, 1.54) is 12.8 Å². The van der Waals surface area contributed by atoms with Crippen molar-refractivity contribution in [2.45, 2.75) is 32.6 Å². The fraction of sp³-hybridized carbons (Fsp3) is 0.769. The van der Waals surface area contributed by atoms with Crippen LogP contribution in [0, 0.1) is 5.92 Å². The fourth-order valence-electron chi connectivity index (χ4n) is 2.05. The molecular weight excluding hydrogens is 234 g/mol. The van der Waals surface area contributed by atoms with Crippen LogP contribution in [0.15, 0.2) is 12.4 Å². The molecule has 1 rings (SSSR count). The van der Waals surface area contributed by atoms with Crippen LogP contribution >= 0.6 is 11.6 Å². The molecule has 0 amide bonds. The Labute approximate surface area is 110 Å². The predicted molar refractivity (Wildman–Crippen MR) is 73.5 cm³/mol. The monoisotopic (exact) mass is 257 g/mol. The summed E-state index contributed by atoms with van der Waals surface area (Å²) in [7, 11) is 2.04. The maximum Gasteiger partial charge on any atom is 0.109 e. The molecule has 1 N–H and O–H groups in total. The predicted octanol–water partition coefficient (Wildman–Crippen LogP) is 2.60. The summed E-state index contributed by atoms with van der Waals surface area (Å²) in [4.78, 5) is 4.31. The summed E-state index contributed by atoms with van der Waals surface area (Å²) < 4.78 is 2.07. The van der Waals surface area contributed by atoms with E-state index in [9.17, 15) is 0 Å². The lowest BCUT2D eigenvalue weighted by atomic mass is 10.0. The molecular formula is C13H24ClN3. The number of hydrogen-bond acceptors (Lipinski definition) is 2. The molecule has 98 valence electrons. The summed E-state index contributed by atoms with van der Waals surface area (Å²) in [5.74, 6) is 2.63. The number of nitrogens with zero attached hydrogens (tertiary/aromatic N) is 2. The van der Waals surface area contributed by atoms with Crippen LogP contribution in [0.1, 0.15) is 32.0 Å². The van der Waals surface area contributed by atoms with Crippen LogP contribution in [0.5, 0.6) is 0 Å². The molecule has 0 bridgehead atoms. The van der Waals surface area contributed by atoms with Crippen molar-refractivity contribution < 1.29 is 0 Å². The zero-order valence-electron chi connectivity index (χ0n) is 11.0. The van der Waals surface area contributed by atoms with E-state index >= 15 is 0 Å². The Morgan fingerprint density at radius 2 is 2.29 bits per heavy atom. The Kier molecular flexibility index (Phi) is 7.29. The molecule has 3 nitrogen and oxygen atoms in total. The Balaban J connectivity index is 2.15. The van der Waals surface area contributed by atoms with Crippen molar-refractivity contribution >= 4 is 11.6 Å². The first kappa shape index (κ1) is 14.5. The molecule has 0 aromatic carbocycles. The highest BCUT2D eigenvalue weighted by atomic mass is 35.5. The zero-order valence-corrected chi connectivity index (χ0v) is 11.7. The third kappa shape index (κ3) is 5.55. The van der Waals surface area contributed by atoms with Gasteiger partial charge in [0.2, 0.25) is 0 Å². The summed E-state index contributed by atoms with van der Waals surface area (Å²) >= 11 is 5.81. The van der Waals surface area contributed by atoms with Crippen molar-refractivity contribution in [3.8, 4) is 0 Å². The molecule has 0 aliphatic carbocycles. The van der Waals surface area contributed by atoms with Crippen molar-refractivity contribution in [2.75, 3.05) is 19.0 Å². The number of imidazole rings is 1. The first-order valence-corrected chi connectivity index (χ1v) is 7.04. The standard InChI is InChI=1S/C13H24ClN3/c1-3-4-12(5-7-14)11-15-8-6-13-16-9-10-17(13)2/h9-10,12,15H,3-8,11H2,1-2H3. The number of aromatic nitrogens is 2. The Morgan fingerprint density at radius 3 is 2.88 bits per heavy atom. The van der Waals surface area contributed by atoms with Gasteiger partial charge in [-0.2, -0.15) is 0 Å². The summed E-state index contributed by atoms with van der Waals surface area (Å²) in [6, 6.07) is 0. The molecule has 0 aliphatic heterocycles. The van der Waals surface area contributed by atoms with E-state index < -0.39 is 0 Å². The molecule has 1 aromatic heterocycles. The SMILES string of the molecule is CCCC(CCCl)CNCCc1nccn1C. The second kappa shape index (κ2) is 8.54. The maximum absolute atomic E-state index is 5.81. The van der Waals surface area contributed by atoms with E-state index in [-0.39, 0.29) is 0 Å². The molecule has 1 atom stereocenters.